The molecule has 15 heavy (non-hydrogen) atoms. The monoisotopic (exact) mass is 504 g/mol. The van der Waals surface area contributed by atoms with E-state index < -0.39 is 40.6 Å². The van der Waals surface area contributed by atoms with Crippen molar-refractivity contribution >= 4 is 46.4 Å². The molecule has 0 heterocycles. The molecule has 0 aromatic heterocycles. The van der Waals surface area contributed by atoms with E-state index in [0.29, 0.717) is 0 Å². The van der Waals surface area contributed by atoms with Gasteiger partial charge in [-0.25, -0.2) is 0 Å². The Kier molecular flexibility index (Phi) is 5.27. The molecular weight excluding hydrogens is 504 g/mol. The van der Waals surface area contributed by atoms with Gasteiger partial charge < -0.3 is 0 Å². The molecule has 88 valence electrons. The number of hydrogen-bond acceptors (Lipinski definition) is 0. The van der Waals surface area contributed by atoms with Crippen LogP contribution in [0.3, 0.4) is 0 Å². The molecule has 0 N–H and O–H groups in total. The Hall–Kier alpha value is 1.68. The molecule has 0 bridgehead atoms. The van der Waals surface area contributed by atoms with Gasteiger partial charge in [0.2, 0.25) is 0 Å². The summed E-state index contributed by atoms with van der Waals surface area (Å²) in [7, 11) is 0. The molecule has 0 amide bonds. The van der Waals surface area contributed by atoms with Crippen LogP contribution in [-0.2, 0) is 24.6 Å². The maximum atomic E-state index is 12.1. The van der Waals surface area contributed by atoms with Gasteiger partial charge in [-0.15, -0.1) is 0 Å². The van der Waals surface area contributed by atoms with E-state index in [2.05, 4.69) is 0 Å². The van der Waals surface area contributed by atoms with E-state index in [4.69, 9.17) is 46.4 Å². The van der Waals surface area contributed by atoms with Gasteiger partial charge in [-0.1, -0.05) is 0 Å². The molecule has 0 saturated carbocycles. The van der Waals surface area contributed by atoms with Gasteiger partial charge in [0, 0.05) is 0 Å². The maximum absolute atomic E-state index is 12.1. The van der Waals surface area contributed by atoms with E-state index in [0.717, 1.165) is 0 Å². The second kappa shape index (κ2) is 4.74. The first kappa shape index (κ1) is 16.7. The first-order valence-corrected chi connectivity index (χ1v) is 10.1. The van der Waals surface area contributed by atoms with Crippen molar-refractivity contribution in [1.82, 2.24) is 0 Å². The van der Waals surface area contributed by atoms with Gasteiger partial charge in [0.1, 0.15) is 0 Å². The normalized spacial score (nSPS) is 15.1. The van der Waals surface area contributed by atoms with Crippen molar-refractivity contribution in [1.29, 1.82) is 0 Å². The summed E-state index contributed by atoms with van der Waals surface area (Å²) in [5, 5.41) is 0. The third-order valence-corrected chi connectivity index (χ3v) is 13.4. The topological polar surface area (TPSA) is 0 Å². The third kappa shape index (κ3) is 4.45. The van der Waals surface area contributed by atoms with Crippen molar-refractivity contribution in [2.45, 2.75) is 16.0 Å². The number of alkyl halides is 10. The molecule has 0 aromatic carbocycles. The van der Waals surface area contributed by atoms with Crippen molar-refractivity contribution in [3.63, 3.8) is 0 Å². The quantitative estimate of drug-likeness (QED) is 0.296. The van der Waals surface area contributed by atoms with Gasteiger partial charge in [-0.3, -0.25) is 0 Å². The molecule has 0 aromatic rings. The molecular formula is C4Cl4F6Hg. The van der Waals surface area contributed by atoms with E-state index >= 15 is 0 Å². The van der Waals surface area contributed by atoms with Crippen LogP contribution in [0.15, 0.2) is 0 Å². The molecule has 0 unspecified atom stereocenters. The zero-order valence-electron chi connectivity index (χ0n) is 6.49. The first-order valence-electron chi connectivity index (χ1n) is 3.10. The molecule has 0 spiro atoms. The Morgan fingerprint density at radius 1 is 0.600 bits per heavy atom. The third-order valence-electron chi connectivity index (χ3n) is 1.27. The standard InChI is InChI=1S/2C2Cl2F3.Hg/c2*3-1(4)2(5,6)7;. The molecule has 11 heteroatoms. The fourth-order valence-corrected chi connectivity index (χ4v) is 13.6. The summed E-state index contributed by atoms with van der Waals surface area (Å²) < 4.78 is 65.5. The van der Waals surface area contributed by atoms with Crippen molar-refractivity contribution in [3.8, 4) is 0 Å². The minimum absolute atomic E-state index is 3.44. The van der Waals surface area contributed by atoms with Gasteiger partial charge in [-0.2, -0.15) is 0 Å². The molecule has 0 saturated heterocycles. The minimum atomic E-state index is -5.17. The zero-order chi connectivity index (χ0) is 12.7. The summed E-state index contributed by atoms with van der Waals surface area (Å²) in [4.78, 5) is 0. The average Bonchev–Trinajstić information content (AvgIpc) is 1.77. The van der Waals surface area contributed by atoms with Crippen LogP contribution in [0.2, 0.25) is 0 Å². The Bertz CT molecular complexity index is 208. The van der Waals surface area contributed by atoms with Crippen LogP contribution in [0, 0.1) is 0 Å². The van der Waals surface area contributed by atoms with Crippen LogP contribution < -0.4 is 0 Å². The van der Waals surface area contributed by atoms with E-state index in [1.807, 2.05) is 0 Å². The van der Waals surface area contributed by atoms with Crippen LogP contribution >= 0.6 is 46.4 Å². The summed E-state index contributed by atoms with van der Waals surface area (Å²) in [6, 6.07) is 0. The predicted molar refractivity (Wildman–Crippen MR) is 41.0 cm³/mol. The van der Waals surface area contributed by atoms with E-state index in [1.54, 1.807) is 0 Å². The van der Waals surface area contributed by atoms with Crippen LogP contribution in [0.4, 0.5) is 26.3 Å². The Morgan fingerprint density at radius 2 is 0.800 bits per heavy atom. The second-order valence-corrected chi connectivity index (χ2v) is 22.1. The number of halogens is 10. The summed E-state index contributed by atoms with van der Waals surface area (Å²) in [5.74, 6) is 0. The number of hydrogen-bond donors (Lipinski definition) is 0. The van der Waals surface area contributed by atoms with Crippen molar-refractivity contribution in [2.75, 3.05) is 0 Å². The van der Waals surface area contributed by atoms with Gasteiger partial charge in [-0.05, 0) is 0 Å². The zero-order valence-corrected chi connectivity index (χ0v) is 15.0. The Balaban J connectivity index is 4.89. The van der Waals surface area contributed by atoms with Crippen LogP contribution in [0.1, 0.15) is 0 Å². The summed E-state index contributed by atoms with van der Waals surface area (Å²) in [5.41, 5.74) is 0. The summed E-state index contributed by atoms with van der Waals surface area (Å²) >= 11 is 14.9. The van der Waals surface area contributed by atoms with Gasteiger partial charge in [0.25, 0.3) is 0 Å². The molecule has 0 aliphatic rings. The Labute approximate surface area is 113 Å². The van der Waals surface area contributed by atoms with Crippen LogP contribution in [-0.4, -0.2) is 16.0 Å². The van der Waals surface area contributed by atoms with Crippen LogP contribution in [0.5, 0.6) is 0 Å². The molecule has 0 aliphatic carbocycles. The van der Waals surface area contributed by atoms with E-state index in [-0.39, 0.29) is 0 Å². The first-order chi connectivity index (χ1) is 6.21. The second-order valence-electron chi connectivity index (χ2n) is 2.58. The molecule has 0 nitrogen and oxygen atoms in total. The molecule has 0 aliphatic heterocycles. The van der Waals surface area contributed by atoms with Crippen molar-refractivity contribution < 1.29 is 50.9 Å². The predicted octanol–water partition coefficient (Wildman–Crippen LogP) is 4.46. The van der Waals surface area contributed by atoms with Crippen molar-refractivity contribution in [3.05, 3.63) is 0 Å². The van der Waals surface area contributed by atoms with E-state index in [9.17, 15) is 26.3 Å². The van der Waals surface area contributed by atoms with E-state index in [1.165, 1.54) is 0 Å². The number of rotatable bonds is 2. The fraction of sp³-hybridized carbons (Fsp3) is 1.00. The SMILES string of the molecule is FC(F)(F)[C](Cl)(Cl)[Hg][C](Cl)(Cl)C(F)(F)F. The molecule has 0 radical (unpaired) electrons. The van der Waals surface area contributed by atoms with Gasteiger partial charge in [0.15, 0.2) is 0 Å². The van der Waals surface area contributed by atoms with Crippen LogP contribution in [0.25, 0.3) is 0 Å². The average molecular weight is 504 g/mol. The Morgan fingerprint density at radius 3 is 0.933 bits per heavy atom. The molecule has 0 rings (SSSR count). The summed E-state index contributed by atoms with van der Waals surface area (Å²) in [6.07, 6.45) is -10.3. The molecule has 0 fully saturated rings. The summed E-state index contributed by atoms with van der Waals surface area (Å²) in [6.45, 7) is 0. The van der Waals surface area contributed by atoms with Crippen molar-refractivity contribution in [2.24, 2.45) is 0 Å². The molecule has 0 atom stereocenters. The van der Waals surface area contributed by atoms with Gasteiger partial charge in [0.05, 0.1) is 0 Å². The van der Waals surface area contributed by atoms with Gasteiger partial charge >= 0.3 is 113 Å². The fourth-order valence-electron chi connectivity index (χ4n) is 0.479.